The van der Waals surface area contributed by atoms with Gasteiger partial charge in [-0.2, -0.15) is 0 Å². The third-order valence-corrected chi connectivity index (χ3v) is 2.50. The fourth-order valence-electron chi connectivity index (χ4n) is 1.30. The van der Waals surface area contributed by atoms with E-state index in [1.165, 1.54) is 0 Å². The van der Waals surface area contributed by atoms with Gasteiger partial charge >= 0.3 is 0 Å². The molecular weight excluding hydrogens is 219 g/mol. The minimum absolute atomic E-state index is 0.442. The summed E-state index contributed by atoms with van der Waals surface area (Å²) in [6, 6.07) is 1.68. The Labute approximate surface area is 94.8 Å². The molecule has 4 heteroatoms. The SMILES string of the molecule is CCCN(C)Cc1cnc(Cl)cc1Cl. The Morgan fingerprint density at radius 1 is 1.43 bits per heavy atom. The predicted octanol–water partition coefficient (Wildman–Crippen LogP) is 3.23. The minimum Gasteiger partial charge on any atom is -0.302 e. The van der Waals surface area contributed by atoms with Crippen LogP contribution < -0.4 is 0 Å². The second-order valence-electron chi connectivity index (χ2n) is 3.34. The van der Waals surface area contributed by atoms with Crippen molar-refractivity contribution in [2.24, 2.45) is 0 Å². The van der Waals surface area contributed by atoms with Gasteiger partial charge in [0.15, 0.2) is 0 Å². The Hall–Kier alpha value is -0.310. The Morgan fingerprint density at radius 3 is 2.71 bits per heavy atom. The van der Waals surface area contributed by atoms with Gasteiger partial charge < -0.3 is 4.90 Å². The molecule has 14 heavy (non-hydrogen) atoms. The van der Waals surface area contributed by atoms with E-state index < -0.39 is 0 Å². The molecule has 0 bridgehead atoms. The van der Waals surface area contributed by atoms with E-state index in [1.54, 1.807) is 12.3 Å². The highest BCUT2D eigenvalue weighted by atomic mass is 35.5. The highest BCUT2D eigenvalue weighted by molar-refractivity contribution is 6.34. The highest BCUT2D eigenvalue weighted by Crippen LogP contribution is 2.19. The number of nitrogens with zero attached hydrogens (tertiary/aromatic N) is 2. The topological polar surface area (TPSA) is 16.1 Å². The van der Waals surface area contributed by atoms with Crippen LogP contribution in [0.5, 0.6) is 0 Å². The molecule has 1 aromatic rings. The van der Waals surface area contributed by atoms with E-state index in [4.69, 9.17) is 23.2 Å². The van der Waals surface area contributed by atoms with E-state index in [9.17, 15) is 0 Å². The molecule has 0 amide bonds. The fourth-order valence-corrected chi connectivity index (χ4v) is 1.73. The molecule has 1 heterocycles. The summed E-state index contributed by atoms with van der Waals surface area (Å²) in [5.41, 5.74) is 1.02. The zero-order valence-electron chi connectivity index (χ0n) is 8.43. The molecule has 0 atom stereocenters. The molecule has 78 valence electrons. The van der Waals surface area contributed by atoms with Crippen molar-refractivity contribution in [3.05, 3.63) is 28.0 Å². The lowest BCUT2D eigenvalue weighted by Gasteiger charge is -2.15. The molecule has 0 spiro atoms. The first kappa shape index (κ1) is 11.8. The first-order valence-corrected chi connectivity index (χ1v) is 5.37. The van der Waals surface area contributed by atoms with Crippen LogP contribution in [-0.2, 0) is 6.54 Å². The molecule has 0 aliphatic rings. The van der Waals surface area contributed by atoms with Crippen molar-refractivity contribution in [2.75, 3.05) is 13.6 Å². The molecule has 0 saturated heterocycles. The van der Waals surface area contributed by atoms with E-state index in [0.717, 1.165) is 25.1 Å². The van der Waals surface area contributed by atoms with Gasteiger partial charge in [-0.15, -0.1) is 0 Å². The van der Waals surface area contributed by atoms with Crippen molar-refractivity contribution in [1.29, 1.82) is 0 Å². The van der Waals surface area contributed by atoms with Gasteiger partial charge in [0.2, 0.25) is 0 Å². The van der Waals surface area contributed by atoms with Crippen LogP contribution in [0, 0.1) is 0 Å². The smallest absolute Gasteiger partial charge is 0.130 e. The van der Waals surface area contributed by atoms with Gasteiger partial charge in [0.1, 0.15) is 5.15 Å². The number of hydrogen-bond donors (Lipinski definition) is 0. The Morgan fingerprint density at radius 2 is 2.14 bits per heavy atom. The van der Waals surface area contributed by atoms with E-state index in [1.807, 2.05) is 0 Å². The minimum atomic E-state index is 0.442. The standard InChI is InChI=1S/C10H14Cl2N2/c1-3-4-14(2)7-8-6-13-10(12)5-9(8)11/h5-6H,3-4,7H2,1-2H3. The second-order valence-corrected chi connectivity index (χ2v) is 4.13. The molecule has 0 aliphatic heterocycles. The predicted molar refractivity (Wildman–Crippen MR) is 60.9 cm³/mol. The lowest BCUT2D eigenvalue weighted by Crippen LogP contribution is -2.18. The third kappa shape index (κ3) is 3.45. The van der Waals surface area contributed by atoms with Crippen LogP contribution in [0.2, 0.25) is 10.2 Å². The molecule has 1 rings (SSSR count). The van der Waals surface area contributed by atoms with Crippen molar-refractivity contribution in [3.8, 4) is 0 Å². The van der Waals surface area contributed by atoms with Crippen molar-refractivity contribution in [3.63, 3.8) is 0 Å². The molecule has 0 aliphatic carbocycles. The summed E-state index contributed by atoms with van der Waals surface area (Å²) >= 11 is 11.7. The number of hydrogen-bond acceptors (Lipinski definition) is 2. The number of halogens is 2. The maximum absolute atomic E-state index is 6.02. The van der Waals surface area contributed by atoms with Gasteiger partial charge in [-0.05, 0) is 26.1 Å². The van der Waals surface area contributed by atoms with Crippen LogP contribution in [0.25, 0.3) is 0 Å². The van der Waals surface area contributed by atoms with Crippen molar-refractivity contribution < 1.29 is 0 Å². The molecule has 2 nitrogen and oxygen atoms in total. The number of pyridine rings is 1. The van der Waals surface area contributed by atoms with Crippen molar-refractivity contribution >= 4 is 23.2 Å². The zero-order chi connectivity index (χ0) is 10.6. The number of rotatable bonds is 4. The summed E-state index contributed by atoms with van der Waals surface area (Å²) < 4.78 is 0. The first-order chi connectivity index (χ1) is 6.63. The van der Waals surface area contributed by atoms with Gasteiger partial charge in [0.25, 0.3) is 0 Å². The Balaban J connectivity index is 2.67. The van der Waals surface area contributed by atoms with Gasteiger partial charge in [-0.25, -0.2) is 4.98 Å². The quantitative estimate of drug-likeness (QED) is 0.742. The van der Waals surface area contributed by atoms with Crippen LogP contribution in [0.15, 0.2) is 12.3 Å². The Kier molecular flexibility index (Phi) is 4.66. The summed E-state index contributed by atoms with van der Waals surface area (Å²) in [6.45, 7) is 4.02. The first-order valence-electron chi connectivity index (χ1n) is 4.62. The molecule has 0 saturated carbocycles. The zero-order valence-corrected chi connectivity index (χ0v) is 9.94. The van der Waals surface area contributed by atoms with Crippen molar-refractivity contribution in [1.82, 2.24) is 9.88 Å². The number of aromatic nitrogens is 1. The van der Waals surface area contributed by atoms with E-state index in [0.29, 0.717) is 10.2 Å². The average Bonchev–Trinajstić information content (AvgIpc) is 2.10. The monoisotopic (exact) mass is 232 g/mol. The third-order valence-electron chi connectivity index (χ3n) is 1.94. The van der Waals surface area contributed by atoms with Crippen LogP contribution in [0.1, 0.15) is 18.9 Å². The maximum Gasteiger partial charge on any atom is 0.130 e. The molecule has 0 N–H and O–H groups in total. The van der Waals surface area contributed by atoms with Gasteiger partial charge in [0, 0.05) is 23.3 Å². The summed E-state index contributed by atoms with van der Waals surface area (Å²) in [6.07, 6.45) is 2.87. The average molecular weight is 233 g/mol. The highest BCUT2D eigenvalue weighted by Gasteiger charge is 2.04. The summed E-state index contributed by atoms with van der Waals surface area (Å²) in [4.78, 5) is 6.21. The summed E-state index contributed by atoms with van der Waals surface area (Å²) in [5, 5.41) is 1.13. The molecule has 0 aromatic carbocycles. The fraction of sp³-hybridized carbons (Fsp3) is 0.500. The summed E-state index contributed by atoms with van der Waals surface area (Å²) in [5.74, 6) is 0. The molecule has 0 fully saturated rings. The van der Waals surface area contributed by atoms with E-state index in [2.05, 4.69) is 23.9 Å². The van der Waals surface area contributed by atoms with Crippen LogP contribution >= 0.6 is 23.2 Å². The summed E-state index contributed by atoms with van der Waals surface area (Å²) in [7, 11) is 2.06. The van der Waals surface area contributed by atoms with Crippen LogP contribution in [0.4, 0.5) is 0 Å². The molecule has 0 radical (unpaired) electrons. The Bertz CT molecular complexity index is 302. The van der Waals surface area contributed by atoms with Gasteiger partial charge in [-0.3, -0.25) is 0 Å². The second kappa shape index (κ2) is 5.54. The lowest BCUT2D eigenvalue weighted by molar-refractivity contribution is 0.327. The largest absolute Gasteiger partial charge is 0.302 e. The normalized spacial score (nSPS) is 10.9. The van der Waals surface area contributed by atoms with Crippen LogP contribution in [-0.4, -0.2) is 23.5 Å². The van der Waals surface area contributed by atoms with Gasteiger partial charge in [0.05, 0.1) is 0 Å². The lowest BCUT2D eigenvalue weighted by atomic mass is 10.2. The van der Waals surface area contributed by atoms with Gasteiger partial charge in [-0.1, -0.05) is 30.1 Å². The van der Waals surface area contributed by atoms with Crippen LogP contribution in [0.3, 0.4) is 0 Å². The van der Waals surface area contributed by atoms with E-state index >= 15 is 0 Å². The maximum atomic E-state index is 6.02. The van der Waals surface area contributed by atoms with Crippen molar-refractivity contribution in [2.45, 2.75) is 19.9 Å². The molecule has 1 aromatic heterocycles. The molecule has 0 unspecified atom stereocenters. The molecular formula is C10H14Cl2N2. The van der Waals surface area contributed by atoms with E-state index in [-0.39, 0.29) is 0 Å².